The Morgan fingerprint density at radius 3 is 2.82 bits per heavy atom. The number of benzene rings is 1. The number of hydrogen-bond acceptors (Lipinski definition) is 2. The summed E-state index contributed by atoms with van der Waals surface area (Å²) in [7, 11) is 1.84. The standard InChI is InChI=1S/C17H21FN2O2/c1-19-15(21)7-3-8-17(19)9-4-10-20(12-17)16(22)13-5-2-6-14(18)11-13/h2,5-6,11H,3-4,7-10,12H2,1H3/t17-/m1/s1. The molecule has 1 spiro atoms. The normalized spacial score (nSPS) is 25.6. The first-order chi connectivity index (χ1) is 10.5. The van der Waals surface area contributed by atoms with Crippen molar-refractivity contribution in [3.63, 3.8) is 0 Å². The average molecular weight is 304 g/mol. The maximum Gasteiger partial charge on any atom is 0.254 e. The van der Waals surface area contributed by atoms with Crippen LogP contribution in [0.15, 0.2) is 24.3 Å². The van der Waals surface area contributed by atoms with Crippen molar-refractivity contribution in [3.05, 3.63) is 35.6 Å². The number of likely N-dealkylation sites (N-methyl/N-ethyl adjacent to an activating group) is 1. The van der Waals surface area contributed by atoms with Gasteiger partial charge in [0.25, 0.3) is 5.91 Å². The predicted octanol–water partition coefficient (Wildman–Crippen LogP) is 2.44. The van der Waals surface area contributed by atoms with Crippen LogP contribution in [-0.2, 0) is 4.79 Å². The lowest BCUT2D eigenvalue weighted by Gasteiger charge is -2.50. The molecule has 5 heteroatoms. The van der Waals surface area contributed by atoms with Crippen molar-refractivity contribution in [1.82, 2.24) is 9.80 Å². The quantitative estimate of drug-likeness (QED) is 0.799. The smallest absolute Gasteiger partial charge is 0.254 e. The van der Waals surface area contributed by atoms with Gasteiger partial charge in [-0.2, -0.15) is 0 Å². The van der Waals surface area contributed by atoms with E-state index in [4.69, 9.17) is 0 Å². The van der Waals surface area contributed by atoms with Crippen LogP contribution in [0.2, 0.25) is 0 Å². The van der Waals surface area contributed by atoms with Gasteiger partial charge in [0, 0.05) is 32.1 Å². The minimum atomic E-state index is -0.400. The molecule has 0 saturated carbocycles. The highest BCUT2D eigenvalue weighted by molar-refractivity contribution is 5.94. The lowest BCUT2D eigenvalue weighted by Crippen LogP contribution is -2.61. The fourth-order valence-corrected chi connectivity index (χ4v) is 3.74. The fourth-order valence-electron chi connectivity index (χ4n) is 3.74. The topological polar surface area (TPSA) is 40.6 Å². The van der Waals surface area contributed by atoms with Crippen LogP contribution in [0.5, 0.6) is 0 Å². The molecule has 2 heterocycles. The van der Waals surface area contributed by atoms with E-state index in [2.05, 4.69) is 0 Å². The Kier molecular flexibility index (Phi) is 3.89. The molecule has 0 unspecified atom stereocenters. The molecule has 1 aromatic carbocycles. The van der Waals surface area contributed by atoms with Crippen molar-refractivity contribution in [1.29, 1.82) is 0 Å². The third-order valence-corrected chi connectivity index (χ3v) is 5.03. The third kappa shape index (κ3) is 2.60. The van der Waals surface area contributed by atoms with E-state index < -0.39 is 5.82 Å². The molecule has 0 radical (unpaired) electrons. The summed E-state index contributed by atoms with van der Waals surface area (Å²) in [5, 5.41) is 0. The predicted molar refractivity (Wildman–Crippen MR) is 80.9 cm³/mol. The van der Waals surface area contributed by atoms with Gasteiger partial charge in [-0.25, -0.2) is 4.39 Å². The van der Waals surface area contributed by atoms with Crippen LogP contribution >= 0.6 is 0 Å². The van der Waals surface area contributed by atoms with E-state index in [1.807, 2.05) is 11.9 Å². The van der Waals surface area contributed by atoms with E-state index in [0.29, 0.717) is 25.1 Å². The first-order valence-corrected chi connectivity index (χ1v) is 7.83. The highest BCUT2D eigenvalue weighted by Gasteiger charge is 2.44. The summed E-state index contributed by atoms with van der Waals surface area (Å²) >= 11 is 0. The molecule has 0 bridgehead atoms. The number of carbonyl (C=O) groups excluding carboxylic acids is 2. The Bertz CT molecular complexity index is 600. The van der Waals surface area contributed by atoms with Crippen LogP contribution in [0.1, 0.15) is 42.5 Å². The lowest BCUT2D eigenvalue weighted by molar-refractivity contribution is -0.142. The molecule has 4 nitrogen and oxygen atoms in total. The molecule has 2 saturated heterocycles. The van der Waals surface area contributed by atoms with Crippen molar-refractivity contribution in [2.24, 2.45) is 0 Å². The van der Waals surface area contributed by atoms with E-state index in [1.165, 1.54) is 12.1 Å². The second-order valence-corrected chi connectivity index (χ2v) is 6.37. The molecule has 1 atom stereocenters. The Labute approximate surface area is 129 Å². The van der Waals surface area contributed by atoms with Crippen molar-refractivity contribution >= 4 is 11.8 Å². The molecule has 0 aliphatic carbocycles. The highest BCUT2D eigenvalue weighted by atomic mass is 19.1. The number of hydrogen-bond donors (Lipinski definition) is 0. The van der Waals surface area contributed by atoms with Gasteiger partial charge in [0.1, 0.15) is 5.82 Å². The minimum Gasteiger partial charge on any atom is -0.338 e. The molecule has 0 N–H and O–H groups in total. The van der Waals surface area contributed by atoms with Crippen molar-refractivity contribution in [2.45, 2.75) is 37.6 Å². The van der Waals surface area contributed by atoms with E-state index >= 15 is 0 Å². The fraction of sp³-hybridized carbons (Fsp3) is 0.529. The molecule has 2 aliphatic rings. The average Bonchev–Trinajstić information content (AvgIpc) is 2.52. The first kappa shape index (κ1) is 15.0. The van der Waals surface area contributed by atoms with Crippen LogP contribution < -0.4 is 0 Å². The maximum absolute atomic E-state index is 13.3. The van der Waals surface area contributed by atoms with Crippen molar-refractivity contribution < 1.29 is 14.0 Å². The summed E-state index contributed by atoms with van der Waals surface area (Å²) in [6.45, 7) is 1.21. The summed E-state index contributed by atoms with van der Waals surface area (Å²) in [5.74, 6) is -0.390. The van der Waals surface area contributed by atoms with Gasteiger partial charge < -0.3 is 9.80 Å². The van der Waals surface area contributed by atoms with E-state index in [0.717, 1.165) is 25.7 Å². The molecule has 118 valence electrons. The summed E-state index contributed by atoms with van der Waals surface area (Å²) in [4.78, 5) is 28.3. The number of piperidine rings is 2. The third-order valence-electron chi connectivity index (χ3n) is 5.03. The molecule has 2 amide bonds. The van der Waals surface area contributed by atoms with Gasteiger partial charge in [0.05, 0.1) is 5.54 Å². The summed E-state index contributed by atoms with van der Waals surface area (Å²) in [6.07, 6.45) is 4.21. The lowest BCUT2D eigenvalue weighted by atomic mass is 9.80. The Morgan fingerprint density at radius 1 is 1.27 bits per heavy atom. The molecular formula is C17H21FN2O2. The molecule has 2 fully saturated rings. The number of likely N-dealkylation sites (tertiary alicyclic amines) is 2. The number of halogens is 1. The van der Waals surface area contributed by atoms with Gasteiger partial charge >= 0.3 is 0 Å². The second-order valence-electron chi connectivity index (χ2n) is 6.37. The first-order valence-electron chi connectivity index (χ1n) is 7.83. The zero-order chi connectivity index (χ0) is 15.7. The van der Waals surface area contributed by atoms with Crippen LogP contribution in [0.3, 0.4) is 0 Å². The van der Waals surface area contributed by atoms with E-state index in [9.17, 15) is 14.0 Å². The monoisotopic (exact) mass is 304 g/mol. The number of carbonyl (C=O) groups is 2. The summed E-state index contributed by atoms with van der Waals surface area (Å²) in [5.41, 5.74) is 0.137. The number of nitrogens with zero attached hydrogens (tertiary/aromatic N) is 2. The van der Waals surface area contributed by atoms with Gasteiger partial charge in [0.2, 0.25) is 5.91 Å². The van der Waals surface area contributed by atoms with Gasteiger partial charge in [-0.3, -0.25) is 9.59 Å². The van der Waals surface area contributed by atoms with E-state index in [1.54, 1.807) is 17.0 Å². The molecule has 0 aromatic heterocycles. The summed E-state index contributed by atoms with van der Waals surface area (Å²) < 4.78 is 13.3. The summed E-state index contributed by atoms with van der Waals surface area (Å²) in [6, 6.07) is 5.81. The van der Waals surface area contributed by atoms with Gasteiger partial charge in [-0.1, -0.05) is 6.07 Å². The van der Waals surface area contributed by atoms with Crippen LogP contribution in [-0.4, -0.2) is 47.3 Å². The molecule has 3 rings (SSSR count). The zero-order valence-electron chi connectivity index (χ0n) is 12.8. The Balaban J connectivity index is 1.81. The van der Waals surface area contributed by atoms with Crippen molar-refractivity contribution in [2.75, 3.05) is 20.1 Å². The van der Waals surface area contributed by atoms with Crippen molar-refractivity contribution in [3.8, 4) is 0 Å². The minimum absolute atomic E-state index is 0.148. The zero-order valence-corrected chi connectivity index (χ0v) is 12.8. The Morgan fingerprint density at radius 2 is 2.05 bits per heavy atom. The van der Waals surface area contributed by atoms with Crippen LogP contribution in [0, 0.1) is 5.82 Å². The highest BCUT2D eigenvalue weighted by Crippen LogP contribution is 2.36. The molecule has 22 heavy (non-hydrogen) atoms. The van der Waals surface area contributed by atoms with Gasteiger partial charge in [-0.15, -0.1) is 0 Å². The van der Waals surface area contributed by atoms with Crippen LogP contribution in [0.25, 0.3) is 0 Å². The maximum atomic E-state index is 13.3. The van der Waals surface area contributed by atoms with Gasteiger partial charge in [0.15, 0.2) is 0 Å². The molecule has 2 aliphatic heterocycles. The molecular weight excluding hydrogens is 283 g/mol. The second kappa shape index (κ2) is 5.71. The van der Waals surface area contributed by atoms with E-state index in [-0.39, 0.29) is 17.4 Å². The van der Waals surface area contributed by atoms with Gasteiger partial charge in [-0.05, 0) is 43.9 Å². The number of rotatable bonds is 1. The SMILES string of the molecule is CN1C(=O)CCC[C@]12CCCN(C(=O)c1cccc(F)c1)C2. The molecule has 1 aromatic rings. The van der Waals surface area contributed by atoms with Crippen LogP contribution in [0.4, 0.5) is 4.39 Å². The number of amides is 2. The Hall–Kier alpha value is -1.91. The largest absolute Gasteiger partial charge is 0.338 e.